The van der Waals surface area contributed by atoms with Gasteiger partial charge in [-0.25, -0.2) is 4.98 Å². The summed E-state index contributed by atoms with van der Waals surface area (Å²) in [6, 6.07) is 4.17. The molecule has 1 aliphatic rings. The predicted octanol–water partition coefficient (Wildman–Crippen LogP) is 2.29. The molecule has 100 valence electrons. The van der Waals surface area contributed by atoms with E-state index >= 15 is 0 Å². The zero-order chi connectivity index (χ0) is 13.7. The molecule has 0 fully saturated rings. The lowest BCUT2D eigenvalue weighted by molar-refractivity contribution is 0.683. The molecule has 2 heterocycles. The summed E-state index contributed by atoms with van der Waals surface area (Å²) < 4.78 is 0. The number of aromatic nitrogens is 1. The van der Waals surface area contributed by atoms with Gasteiger partial charge < -0.3 is 10.6 Å². The predicted molar refractivity (Wildman–Crippen MR) is 77.1 cm³/mol. The van der Waals surface area contributed by atoms with E-state index in [9.17, 15) is 5.26 Å². The highest BCUT2D eigenvalue weighted by Gasteiger charge is 2.08. The average molecular weight is 256 g/mol. The number of anilines is 1. The maximum Gasteiger partial charge on any atom is 0.144 e. The van der Waals surface area contributed by atoms with Gasteiger partial charge in [0.15, 0.2) is 0 Å². The molecule has 0 amide bonds. The number of nitrogens with zero attached hydrogens (tertiary/aromatic N) is 2. The van der Waals surface area contributed by atoms with Crippen LogP contribution in [0.2, 0.25) is 0 Å². The van der Waals surface area contributed by atoms with Crippen molar-refractivity contribution < 1.29 is 0 Å². The second kappa shape index (κ2) is 6.35. The number of nitrogens with one attached hydrogen (secondary N) is 2. The molecule has 4 heteroatoms. The molecule has 1 aliphatic heterocycles. The Labute approximate surface area is 114 Å². The van der Waals surface area contributed by atoms with Gasteiger partial charge in [-0.3, -0.25) is 0 Å². The van der Waals surface area contributed by atoms with Gasteiger partial charge in [-0.1, -0.05) is 11.6 Å². The van der Waals surface area contributed by atoms with Gasteiger partial charge in [-0.15, -0.1) is 0 Å². The number of hydrogen-bond donors (Lipinski definition) is 2. The van der Waals surface area contributed by atoms with Gasteiger partial charge in [0.2, 0.25) is 0 Å². The lowest BCUT2D eigenvalue weighted by Crippen LogP contribution is -2.21. The molecule has 4 nitrogen and oxygen atoms in total. The maximum atomic E-state index is 9.19. The number of rotatable bonds is 4. The van der Waals surface area contributed by atoms with Crippen LogP contribution in [0.15, 0.2) is 17.7 Å². The molecule has 2 rings (SSSR count). The zero-order valence-electron chi connectivity index (χ0n) is 11.6. The van der Waals surface area contributed by atoms with Crippen molar-refractivity contribution in [3.05, 3.63) is 34.5 Å². The summed E-state index contributed by atoms with van der Waals surface area (Å²) >= 11 is 0. The molecular weight excluding hydrogens is 236 g/mol. The first-order chi connectivity index (χ1) is 9.20. The second-order valence-corrected chi connectivity index (χ2v) is 4.91. The number of hydrogen-bond acceptors (Lipinski definition) is 4. The Kier molecular flexibility index (Phi) is 4.53. The van der Waals surface area contributed by atoms with Crippen LogP contribution in [0, 0.1) is 25.2 Å². The summed E-state index contributed by atoms with van der Waals surface area (Å²) in [5.41, 5.74) is 4.07. The first-order valence-corrected chi connectivity index (χ1v) is 6.71. The molecule has 0 unspecified atom stereocenters. The number of nitriles is 1. The van der Waals surface area contributed by atoms with E-state index in [1.165, 1.54) is 5.57 Å². The lowest BCUT2D eigenvalue weighted by Gasteiger charge is -2.15. The van der Waals surface area contributed by atoms with Crippen molar-refractivity contribution in [1.29, 1.82) is 5.26 Å². The zero-order valence-corrected chi connectivity index (χ0v) is 11.6. The fourth-order valence-electron chi connectivity index (χ4n) is 2.34. The van der Waals surface area contributed by atoms with E-state index in [1.807, 2.05) is 19.9 Å². The van der Waals surface area contributed by atoms with E-state index in [2.05, 4.69) is 27.8 Å². The molecule has 0 aliphatic carbocycles. The third-order valence-electron chi connectivity index (χ3n) is 3.35. The van der Waals surface area contributed by atoms with Crippen LogP contribution in [0.25, 0.3) is 0 Å². The topological polar surface area (TPSA) is 60.7 Å². The van der Waals surface area contributed by atoms with E-state index in [4.69, 9.17) is 0 Å². The maximum absolute atomic E-state index is 9.19. The Hall–Kier alpha value is -1.86. The smallest absolute Gasteiger partial charge is 0.144 e. The molecule has 0 saturated carbocycles. The van der Waals surface area contributed by atoms with Gasteiger partial charge in [0.05, 0.1) is 5.56 Å². The summed E-state index contributed by atoms with van der Waals surface area (Å²) in [7, 11) is 0. The van der Waals surface area contributed by atoms with Crippen molar-refractivity contribution in [2.45, 2.75) is 26.7 Å². The monoisotopic (exact) mass is 256 g/mol. The van der Waals surface area contributed by atoms with Crippen LogP contribution >= 0.6 is 0 Å². The standard InChI is InChI=1S/C15H20N4/c1-11-9-12(2)19-15(14(11)10-16)18-8-5-13-3-6-17-7-4-13/h3,9,17H,4-8H2,1-2H3,(H,18,19). The minimum atomic E-state index is 0.657. The number of aryl methyl sites for hydroxylation is 2. The minimum absolute atomic E-state index is 0.657. The largest absolute Gasteiger partial charge is 0.369 e. The van der Waals surface area contributed by atoms with E-state index in [0.717, 1.165) is 49.6 Å². The Balaban J connectivity index is 1.99. The average Bonchev–Trinajstić information content (AvgIpc) is 2.39. The Morgan fingerprint density at radius 2 is 2.32 bits per heavy atom. The van der Waals surface area contributed by atoms with Gasteiger partial charge in [0.25, 0.3) is 0 Å². The molecule has 0 saturated heterocycles. The lowest BCUT2D eigenvalue weighted by atomic mass is 10.1. The van der Waals surface area contributed by atoms with Crippen LogP contribution in [-0.4, -0.2) is 24.6 Å². The number of pyridine rings is 1. The summed E-state index contributed by atoms with van der Waals surface area (Å²) in [6.07, 6.45) is 4.39. The fraction of sp³-hybridized carbons (Fsp3) is 0.467. The van der Waals surface area contributed by atoms with Gasteiger partial charge in [-0.05, 0) is 44.9 Å². The van der Waals surface area contributed by atoms with Crippen LogP contribution in [-0.2, 0) is 0 Å². The van der Waals surface area contributed by atoms with Crippen molar-refractivity contribution in [1.82, 2.24) is 10.3 Å². The summed E-state index contributed by atoms with van der Waals surface area (Å²) in [6.45, 7) is 6.77. The Morgan fingerprint density at radius 3 is 3.00 bits per heavy atom. The highest BCUT2D eigenvalue weighted by molar-refractivity contribution is 5.56. The van der Waals surface area contributed by atoms with Crippen LogP contribution < -0.4 is 10.6 Å². The normalized spacial score (nSPS) is 14.7. The Morgan fingerprint density at radius 1 is 1.47 bits per heavy atom. The van der Waals surface area contributed by atoms with Crippen molar-refractivity contribution in [2.24, 2.45) is 0 Å². The first-order valence-electron chi connectivity index (χ1n) is 6.71. The third-order valence-corrected chi connectivity index (χ3v) is 3.35. The molecule has 0 spiro atoms. The van der Waals surface area contributed by atoms with Crippen molar-refractivity contribution >= 4 is 5.82 Å². The first kappa shape index (κ1) is 13.6. The Bertz CT molecular complexity index is 526. The third kappa shape index (κ3) is 3.55. The minimum Gasteiger partial charge on any atom is -0.369 e. The quantitative estimate of drug-likeness (QED) is 0.811. The van der Waals surface area contributed by atoms with E-state index in [-0.39, 0.29) is 0 Å². The van der Waals surface area contributed by atoms with Gasteiger partial charge >= 0.3 is 0 Å². The summed E-state index contributed by atoms with van der Waals surface area (Å²) in [5.74, 6) is 0.717. The second-order valence-electron chi connectivity index (χ2n) is 4.91. The van der Waals surface area contributed by atoms with E-state index in [0.29, 0.717) is 5.56 Å². The molecule has 0 radical (unpaired) electrons. The van der Waals surface area contributed by atoms with Crippen LogP contribution in [0.4, 0.5) is 5.82 Å². The van der Waals surface area contributed by atoms with Crippen molar-refractivity contribution in [3.8, 4) is 6.07 Å². The van der Waals surface area contributed by atoms with Crippen LogP contribution in [0.5, 0.6) is 0 Å². The van der Waals surface area contributed by atoms with Gasteiger partial charge in [-0.2, -0.15) is 5.26 Å². The van der Waals surface area contributed by atoms with E-state index in [1.54, 1.807) is 0 Å². The fourth-order valence-corrected chi connectivity index (χ4v) is 2.34. The molecule has 0 aromatic carbocycles. The highest BCUT2D eigenvalue weighted by Crippen LogP contribution is 2.18. The van der Waals surface area contributed by atoms with Crippen LogP contribution in [0.3, 0.4) is 0 Å². The van der Waals surface area contributed by atoms with E-state index < -0.39 is 0 Å². The van der Waals surface area contributed by atoms with Crippen LogP contribution in [0.1, 0.15) is 29.7 Å². The molecule has 0 atom stereocenters. The SMILES string of the molecule is Cc1cc(C)c(C#N)c(NCCC2=CCNCC2)n1. The molecule has 1 aromatic rings. The summed E-state index contributed by atoms with van der Waals surface area (Å²) in [5, 5.41) is 15.8. The molecular formula is C15H20N4. The summed E-state index contributed by atoms with van der Waals surface area (Å²) in [4.78, 5) is 4.42. The molecule has 0 bridgehead atoms. The molecule has 2 N–H and O–H groups in total. The van der Waals surface area contributed by atoms with Crippen molar-refractivity contribution in [3.63, 3.8) is 0 Å². The van der Waals surface area contributed by atoms with Crippen molar-refractivity contribution in [2.75, 3.05) is 25.0 Å². The molecule has 19 heavy (non-hydrogen) atoms. The highest BCUT2D eigenvalue weighted by atomic mass is 15.0. The van der Waals surface area contributed by atoms with Gasteiger partial charge in [0.1, 0.15) is 11.9 Å². The molecule has 1 aromatic heterocycles. The van der Waals surface area contributed by atoms with Gasteiger partial charge in [0, 0.05) is 18.8 Å².